The topological polar surface area (TPSA) is 89.5 Å². The summed E-state index contributed by atoms with van der Waals surface area (Å²) in [6, 6.07) is 17.1. The van der Waals surface area contributed by atoms with Crippen LogP contribution < -0.4 is 9.47 Å². The molecule has 236 valence electrons. The van der Waals surface area contributed by atoms with Crippen LogP contribution in [0, 0.1) is 23.7 Å². The summed E-state index contributed by atoms with van der Waals surface area (Å²) in [7, 11) is 1.57. The molecule has 0 aromatic heterocycles. The first-order chi connectivity index (χ1) is 21.4. The Morgan fingerprint density at radius 3 is 1.59 bits per heavy atom. The van der Waals surface area contributed by atoms with Crippen LogP contribution >= 0.6 is 23.0 Å². The van der Waals surface area contributed by atoms with Gasteiger partial charge in [0.05, 0.1) is 0 Å². The molecule has 0 radical (unpaired) electrons. The molecule has 0 amide bonds. The standard InChI is InChI=1S/C35H41IO8/c1-4-33(37)42-20-31(39-3)19-40-29-10-6-25(7-11-29)35(27-15-23-14-24(17-27)18-28(35)16-23)26-8-12-30(13-9-26)41-21-32(44-36)22-43-34(38)5-2/h4-13,23-24,27-28,31-32H,1-2,14-22H2,3H3. The zero-order valence-corrected chi connectivity index (χ0v) is 27.3. The maximum absolute atomic E-state index is 11.4. The van der Waals surface area contributed by atoms with Crippen molar-refractivity contribution < 1.29 is 36.3 Å². The Kier molecular flexibility index (Phi) is 11.0. The minimum Gasteiger partial charge on any atom is -0.491 e. The largest absolute Gasteiger partial charge is 0.491 e. The lowest BCUT2D eigenvalue weighted by Crippen LogP contribution is -2.56. The minimum absolute atomic E-state index is 0.0643. The van der Waals surface area contributed by atoms with E-state index in [9.17, 15) is 9.59 Å². The summed E-state index contributed by atoms with van der Waals surface area (Å²) in [5.41, 5.74) is 2.60. The second kappa shape index (κ2) is 14.9. The lowest BCUT2D eigenvalue weighted by atomic mass is 9.42. The van der Waals surface area contributed by atoms with E-state index in [1.54, 1.807) is 30.1 Å². The third-order valence-electron chi connectivity index (χ3n) is 9.58. The number of rotatable bonds is 16. The molecule has 2 atom stereocenters. The minimum atomic E-state index is -0.487. The van der Waals surface area contributed by atoms with Gasteiger partial charge in [0.2, 0.25) is 0 Å². The fraction of sp³-hybridized carbons (Fsp3) is 0.486. The molecule has 9 heteroatoms. The van der Waals surface area contributed by atoms with Crippen molar-refractivity contribution in [3.05, 3.63) is 85.0 Å². The molecule has 0 N–H and O–H groups in total. The Morgan fingerprint density at radius 2 is 1.18 bits per heavy atom. The van der Waals surface area contributed by atoms with E-state index in [1.165, 1.54) is 43.2 Å². The Bertz CT molecular complexity index is 1180. The lowest BCUT2D eigenvalue weighted by Gasteiger charge is -2.62. The van der Waals surface area contributed by atoms with Gasteiger partial charge in [0, 0.05) is 24.7 Å². The van der Waals surface area contributed by atoms with Gasteiger partial charge < -0.3 is 26.8 Å². The van der Waals surface area contributed by atoms with Crippen LogP contribution in [-0.4, -0.2) is 57.7 Å². The number of methoxy groups -OCH3 is 1. The molecular formula is C35H41IO8. The van der Waals surface area contributed by atoms with Crippen molar-refractivity contribution in [1.82, 2.24) is 0 Å². The van der Waals surface area contributed by atoms with E-state index in [4.69, 9.17) is 26.8 Å². The molecule has 0 aliphatic heterocycles. The number of carbonyl (C=O) groups is 2. The van der Waals surface area contributed by atoms with Crippen LogP contribution in [0.5, 0.6) is 11.5 Å². The number of benzene rings is 2. The van der Waals surface area contributed by atoms with Crippen LogP contribution in [0.15, 0.2) is 73.8 Å². The highest BCUT2D eigenvalue weighted by Gasteiger charge is 2.58. The Hall–Kier alpha value is -2.89. The van der Waals surface area contributed by atoms with E-state index in [2.05, 4.69) is 37.4 Å². The molecule has 4 saturated carbocycles. The predicted octanol–water partition coefficient (Wildman–Crippen LogP) is 6.40. The number of hydrogen-bond acceptors (Lipinski definition) is 8. The van der Waals surface area contributed by atoms with Gasteiger partial charge >= 0.3 is 11.9 Å². The lowest BCUT2D eigenvalue weighted by molar-refractivity contribution is -0.142. The van der Waals surface area contributed by atoms with Crippen molar-refractivity contribution in [3.63, 3.8) is 0 Å². The quantitative estimate of drug-likeness (QED) is 0.112. The van der Waals surface area contributed by atoms with Crippen LogP contribution in [0.1, 0.15) is 43.2 Å². The van der Waals surface area contributed by atoms with Gasteiger partial charge in [-0.2, -0.15) is 0 Å². The molecule has 0 spiro atoms. The van der Waals surface area contributed by atoms with Gasteiger partial charge in [-0.05, 0) is 91.2 Å². The number of halogens is 1. The van der Waals surface area contributed by atoms with E-state index in [1.807, 2.05) is 24.3 Å². The highest BCUT2D eigenvalue weighted by Crippen LogP contribution is 2.65. The van der Waals surface area contributed by atoms with E-state index >= 15 is 0 Å². The fourth-order valence-corrected chi connectivity index (χ4v) is 8.11. The van der Waals surface area contributed by atoms with E-state index < -0.39 is 18.0 Å². The van der Waals surface area contributed by atoms with Gasteiger partial charge in [0.25, 0.3) is 0 Å². The summed E-state index contributed by atoms with van der Waals surface area (Å²) in [6.07, 6.45) is 7.94. The molecule has 4 fully saturated rings. The molecule has 0 saturated heterocycles. The second-order valence-electron chi connectivity index (χ2n) is 12.1. The molecule has 2 unspecified atom stereocenters. The summed E-state index contributed by atoms with van der Waals surface area (Å²) in [5.74, 6) is 3.36. The van der Waals surface area contributed by atoms with Gasteiger partial charge in [-0.1, -0.05) is 37.4 Å². The number of carbonyl (C=O) groups excluding carboxylic acids is 2. The predicted molar refractivity (Wildman–Crippen MR) is 174 cm³/mol. The van der Waals surface area contributed by atoms with Crippen molar-refractivity contribution in [1.29, 1.82) is 0 Å². The number of esters is 2. The van der Waals surface area contributed by atoms with Crippen molar-refractivity contribution in [3.8, 4) is 11.5 Å². The molecule has 2 aromatic rings. The van der Waals surface area contributed by atoms with Crippen molar-refractivity contribution in [2.75, 3.05) is 33.5 Å². The highest BCUT2D eigenvalue weighted by atomic mass is 127. The first-order valence-corrected chi connectivity index (χ1v) is 16.1. The molecule has 4 aliphatic carbocycles. The number of ether oxygens (including phenoxy) is 5. The second-order valence-corrected chi connectivity index (χ2v) is 12.6. The van der Waals surface area contributed by atoms with Gasteiger partial charge in [0.15, 0.2) is 0 Å². The van der Waals surface area contributed by atoms with Crippen molar-refractivity contribution >= 4 is 34.9 Å². The summed E-state index contributed by atoms with van der Waals surface area (Å²) in [6.45, 7) is 7.56. The van der Waals surface area contributed by atoms with Crippen molar-refractivity contribution in [2.24, 2.45) is 23.7 Å². The summed E-state index contributed by atoms with van der Waals surface area (Å²) in [4.78, 5) is 22.8. The summed E-state index contributed by atoms with van der Waals surface area (Å²) >= 11 is 1.80. The first kappa shape index (κ1) is 32.5. The zero-order chi connectivity index (χ0) is 31.1. The average molecular weight is 717 g/mol. The van der Waals surface area contributed by atoms with Crippen LogP contribution in [0.4, 0.5) is 0 Å². The molecule has 8 nitrogen and oxygen atoms in total. The SMILES string of the molecule is C=CC(=O)OCC(COc1ccc(C2(c3ccc(OCC(COC(=O)C=C)OI)cc3)C3CC4CC(C3)CC2C4)cc1)OC. The Labute approximate surface area is 273 Å². The first-order valence-electron chi connectivity index (χ1n) is 15.2. The molecule has 4 aliphatic rings. The van der Waals surface area contributed by atoms with Crippen LogP contribution in [0.2, 0.25) is 0 Å². The van der Waals surface area contributed by atoms with Crippen LogP contribution in [-0.2, 0) is 32.3 Å². The fourth-order valence-electron chi connectivity index (χ4n) is 7.82. The normalized spacial score (nSPS) is 26.3. The Balaban J connectivity index is 1.32. The molecule has 0 heterocycles. The van der Waals surface area contributed by atoms with Gasteiger partial charge in [-0.25, -0.2) is 9.59 Å². The molecule has 4 bridgehead atoms. The van der Waals surface area contributed by atoms with E-state index in [0.29, 0.717) is 11.8 Å². The van der Waals surface area contributed by atoms with E-state index in [-0.39, 0.29) is 37.9 Å². The molecule has 2 aromatic carbocycles. The van der Waals surface area contributed by atoms with Crippen LogP contribution in [0.3, 0.4) is 0 Å². The maximum Gasteiger partial charge on any atom is 0.330 e. The summed E-state index contributed by atoms with van der Waals surface area (Å²) in [5, 5.41) is 0. The molecule has 44 heavy (non-hydrogen) atoms. The average Bonchev–Trinajstić information content (AvgIpc) is 3.05. The third-order valence-corrected chi connectivity index (χ3v) is 10.3. The Morgan fingerprint density at radius 1 is 0.750 bits per heavy atom. The van der Waals surface area contributed by atoms with Gasteiger partial charge in [-0.15, -0.1) is 0 Å². The number of hydrogen-bond donors (Lipinski definition) is 0. The highest BCUT2D eigenvalue weighted by molar-refractivity contribution is 14.1. The van der Waals surface area contributed by atoms with Crippen molar-refractivity contribution in [2.45, 2.75) is 49.7 Å². The van der Waals surface area contributed by atoms with Gasteiger partial charge in [-0.3, -0.25) is 0 Å². The monoisotopic (exact) mass is 716 g/mol. The molecular weight excluding hydrogens is 675 g/mol. The summed E-state index contributed by atoms with van der Waals surface area (Å²) < 4.78 is 33.1. The van der Waals surface area contributed by atoms with Gasteiger partial charge in [0.1, 0.15) is 73.1 Å². The zero-order valence-electron chi connectivity index (χ0n) is 25.2. The smallest absolute Gasteiger partial charge is 0.330 e. The maximum atomic E-state index is 11.4. The third kappa shape index (κ3) is 7.15. The van der Waals surface area contributed by atoms with Crippen LogP contribution in [0.25, 0.3) is 0 Å². The van der Waals surface area contributed by atoms with E-state index in [0.717, 1.165) is 35.5 Å². The molecule has 6 rings (SSSR count).